The number of aryl methyl sites for hydroxylation is 1. The summed E-state index contributed by atoms with van der Waals surface area (Å²) in [6.07, 6.45) is 4.57. The second kappa shape index (κ2) is 8.82. The highest BCUT2D eigenvalue weighted by atomic mass is 16.4. The van der Waals surface area contributed by atoms with Crippen LogP contribution < -0.4 is 5.32 Å². The maximum absolute atomic E-state index is 12.7. The quantitative estimate of drug-likeness (QED) is 0.719. The first-order chi connectivity index (χ1) is 11.9. The Morgan fingerprint density at radius 3 is 2.38 bits per heavy atom. The Morgan fingerprint density at radius 1 is 1.35 bits per heavy atom. The average Bonchev–Trinajstić information content (AvgIpc) is 2.92. The predicted octanol–water partition coefficient (Wildman–Crippen LogP) is 1.21. The zero-order valence-corrected chi connectivity index (χ0v) is 16.4. The van der Waals surface area contributed by atoms with E-state index in [1.807, 2.05) is 27.8 Å². The molecular weight excluding hydrogens is 336 g/mol. The summed E-state index contributed by atoms with van der Waals surface area (Å²) in [6, 6.07) is -1.81. The Hall–Kier alpha value is -2.38. The molecular formula is C18H30N4O4. The summed E-state index contributed by atoms with van der Waals surface area (Å²) >= 11 is 0. The number of rotatable bonds is 8. The van der Waals surface area contributed by atoms with Gasteiger partial charge in [0.05, 0.1) is 12.0 Å². The third kappa shape index (κ3) is 6.85. The lowest BCUT2D eigenvalue weighted by molar-refractivity contribution is -0.144. The molecule has 0 aliphatic carbocycles. The molecule has 1 aromatic heterocycles. The molecule has 1 rings (SSSR count). The van der Waals surface area contributed by atoms with Gasteiger partial charge in [0.1, 0.15) is 12.1 Å². The summed E-state index contributed by atoms with van der Waals surface area (Å²) in [6.45, 7) is 7.41. The van der Waals surface area contributed by atoms with E-state index in [0.29, 0.717) is 18.5 Å². The average molecular weight is 366 g/mol. The normalized spacial score (nSPS) is 13.8. The molecule has 2 amide bonds. The lowest BCUT2D eigenvalue weighted by Gasteiger charge is -2.28. The third-order valence-electron chi connectivity index (χ3n) is 4.23. The van der Waals surface area contributed by atoms with E-state index in [2.05, 4.69) is 10.3 Å². The van der Waals surface area contributed by atoms with E-state index in [4.69, 9.17) is 0 Å². The molecule has 8 heteroatoms. The van der Waals surface area contributed by atoms with Crippen LogP contribution in [0.4, 0.5) is 0 Å². The predicted molar refractivity (Wildman–Crippen MR) is 97.4 cm³/mol. The number of hydrogen-bond donors (Lipinski definition) is 2. The van der Waals surface area contributed by atoms with Crippen molar-refractivity contribution >= 4 is 17.8 Å². The van der Waals surface area contributed by atoms with Crippen molar-refractivity contribution in [3.8, 4) is 0 Å². The molecule has 0 spiro atoms. The lowest BCUT2D eigenvalue weighted by atomic mass is 9.88. The highest BCUT2D eigenvalue weighted by molar-refractivity contribution is 5.90. The SMILES string of the molecule is CC(=O)N(C)C(Cc1cn(C)cn1)C(=O)NC(CCC(C)(C)C)C(=O)O. The molecule has 0 saturated heterocycles. The largest absolute Gasteiger partial charge is 0.480 e. The number of carbonyl (C=O) groups excluding carboxylic acids is 2. The van der Waals surface area contributed by atoms with Crippen LogP contribution in [0.1, 0.15) is 46.2 Å². The fourth-order valence-corrected chi connectivity index (χ4v) is 2.50. The maximum Gasteiger partial charge on any atom is 0.326 e. The molecule has 2 N–H and O–H groups in total. The summed E-state index contributed by atoms with van der Waals surface area (Å²) in [5.74, 6) is -1.85. The van der Waals surface area contributed by atoms with Crippen LogP contribution >= 0.6 is 0 Å². The summed E-state index contributed by atoms with van der Waals surface area (Å²) < 4.78 is 1.75. The first kappa shape index (κ1) is 21.7. The molecule has 8 nitrogen and oxygen atoms in total. The van der Waals surface area contributed by atoms with Crippen molar-refractivity contribution in [2.75, 3.05) is 7.05 Å². The van der Waals surface area contributed by atoms with Crippen LogP contribution in [0.25, 0.3) is 0 Å². The van der Waals surface area contributed by atoms with Crippen molar-refractivity contribution in [3.63, 3.8) is 0 Å². The summed E-state index contributed by atoms with van der Waals surface area (Å²) in [7, 11) is 3.34. The van der Waals surface area contributed by atoms with Gasteiger partial charge in [-0.2, -0.15) is 0 Å². The van der Waals surface area contributed by atoms with Crippen LogP contribution in [-0.2, 0) is 27.9 Å². The fraction of sp³-hybridized carbons (Fsp3) is 0.667. The van der Waals surface area contributed by atoms with E-state index in [1.54, 1.807) is 17.1 Å². The standard InChI is InChI=1S/C18H30N4O4/c1-12(23)22(6)15(9-13-10-21(5)11-19-13)16(24)20-14(17(25)26)7-8-18(2,3)4/h10-11,14-15H,7-9H2,1-6H3,(H,20,24)(H,25,26). The van der Waals surface area contributed by atoms with Gasteiger partial charge in [0.2, 0.25) is 11.8 Å². The van der Waals surface area contributed by atoms with Crippen molar-refractivity contribution in [2.24, 2.45) is 12.5 Å². The second-order valence-corrected chi connectivity index (χ2v) is 7.88. The van der Waals surface area contributed by atoms with Gasteiger partial charge in [-0.1, -0.05) is 20.8 Å². The molecule has 0 radical (unpaired) electrons. The van der Waals surface area contributed by atoms with Gasteiger partial charge >= 0.3 is 5.97 Å². The molecule has 0 saturated carbocycles. The van der Waals surface area contributed by atoms with E-state index in [0.717, 1.165) is 0 Å². The minimum absolute atomic E-state index is 0.0397. The first-order valence-corrected chi connectivity index (χ1v) is 8.64. The number of imidazole rings is 1. The molecule has 1 aromatic rings. The number of amides is 2. The molecule has 0 aliphatic rings. The van der Waals surface area contributed by atoms with Gasteiger partial charge in [-0.05, 0) is 18.3 Å². The number of aliphatic carboxylic acids is 1. The van der Waals surface area contributed by atoms with E-state index in [1.165, 1.54) is 18.9 Å². The monoisotopic (exact) mass is 366 g/mol. The fourth-order valence-electron chi connectivity index (χ4n) is 2.50. The summed E-state index contributed by atoms with van der Waals surface area (Å²) in [4.78, 5) is 41.5. The topological polar surface area (TPSA) is 105 Å². The number of nitrogens with zero attached hydrogens (tertiary/aromatic N) is 3. The Morgan fingerprint density at radius 2 is 1.96 bits per heavy atom. The summed E-state index contributed by atoms with van der Waals surface area (Å²) in [5.41, 5.74) is 0.615. The minimum atomic E-state index is -1.08. The van der Waals surface area contributed by atoms with E-state index < -0.39 is 24.0 Å². The molecule has 0 aromatic carbocycles. The number of carbonyl (C=O) groups is 3. The van der Waals surface area contributed by atoms with Crippen molar-refractivity contribution in [3.05, 3.63) is 18.2 Å². The van der Waals surface area contributed by atoms with Gasteiger partial charge in [0.15, 0.2) is 0 Å². The van der Waals surface area contributed by atoms with Crippen molar-refractivity contribution in [1.29, 1.82) is 0 Å². The molecule has 0 fully saturated rings. The van der Waals surface area contributed by atoms with Crippen molar-refractivity contribution < 1.29 is 19.5 Å². The minimum Gasteiger partial charge on any atom is -0.480 e. The number of carboxylic acids is 1. The van der Waals surface area contributed by atoms with Crippen LogP contribution in [0.3, 0.4) is 0 Å². The Kier molecular flexibility index (Phi) is 7.35. The lowest BCUT2D eigenvalue weighted by Crippen LogP contribution is -2.52. The second-order valence-electron chi connectivity index (χ2n) is 7.88. The number of carboxylic acid groups (broad SMARTS) is 1. The molecule has 0 bridgehead atoms. The van der Waals surface area contributed by atoms with Gasteiger partial charge in [0.25, 0.3) is 0 Å². The van der Waals surface area contributed by atoms with Gasteiger partial charge in [-0.3, -0.25) is 9.59 Å². The van der Waals surface area contributed by atoms with Crippen LogP contribution in [0.15, 0.2) is 12.5 Å². The zero-order valence-electron chi connectivity index (χ0n) is 16.4. The molecule has 2 atom stereocenters. The summed E-state index contributed by atoms with van der Waals surface area (Å²) in [5, 5.41) is 12.0. The highest BCUT2D eigenvalue weighted by Crippen LogP contribution is 2.22. The first-order valence-electron chi connectivity index (χ1n) is 8.64. The molecule has 2 unspecified atom stereocenters. The third-order valence-corrected chi connectivity index (χ3v) is 4.23. The molecule has 0 aliphatic heterocycles. The highest BCUT2D eigenvalue weighted by Gasteiger charge is 2.30. The van der Waals surface area contributed by atoms with Gasteiger partial charge < -0.3 is 19.9 Å². The molecule has 146 valence electrons. The van der Waals surface area contributed by atoms with E-state index in [-0.39, 0.29) is 17.7 Å². The van der Waals surface area contributed by atoms with Gasteiger partial charge in [0, 0.05) is 33.6 Å². The Bertz CT molecular complexity index is 648. The number of hydrogen-bond acceptors (Lipinski definition) is 4. The zero-order chi connectivity index (χ0) is 20.1. The van der Waals surface area contributed by atoms with E-state index >= 15 is 0 Å². The maximum atomic E-state index is 12.7. The molecule has 1 heterocycles. The molecule has 26 heavy (non-hydrogen) atoms. The van der Waals surface area contributed by atoms with Crippen LogP contribution in [0.5, 0.6) is 0 Å². The van der Waals surface area contributed by atoms with Crippen LogP contribution in [0.2, 0.25) is 0 Å². The van der Waals surface area contributed by atoms with Crippen molar-refractivity contribution in [1.82, 2.24) is 19.8 Å². The number of aromatic nitrogens is 2. The smallest absolute Gasteiger partial charge is 0.326 e. The van der Waals surface area contributed by atoms with Gasteiger partial charge in [-0.15, -0.1) is 0 Å². The Labute approximate surface area is 154 Å². The van der Waals surface area contributed by atoms with Crippen LogP contribution in [-0.4, -0.2) is 56.5 Å². The van der Waals surface area contributed by atoms with Gasteiger partial charge in [-0.25, -0.2) is 9.78 Å². The van der Waals surface area contributed by atoms with E-state index in [9.17, 15) is 19.5 Å². The number of nitrogens with one attached hydrogen (secondary N) is 1. The van der Waals surface area contributed by atoms with Crippen LogP contribution in [0, 0.1) is 5.41 Å². The Balaban J connectivity index is 2.91. The number of likely N-dealkylation sites (N-methyl/N-ethyl adjacent to an activating group) is 1. The van der Waals surface area contributed by atoms with Crippen molar-refractivity contribution in [2.45, 2.75) is 59.0 Å².